The number of aliphatic hydroxyl groups excluding tert-OH is 1. The van der Waals surface area contributed by atoms with Gasteiger partial charge in [-0.1, -0.05) is 36.4 Å². The molecule has 0 aliphatic heterocycles. The van der Waals surface area contributed by atoms with Gasteiger partial charge in [0.1, 0.15) is 0 Å². The average Bonchev–Trinajstić information content (AvgIpc) is 2.52. The number of carbonyl (C=O) groups excluding carboxylic acids is 1. The van der Waals surface area contributed by atoms with Gasteiger partial charge in [0, 0.05) is 6.54 Å². The van der Waals surface area contributed by atoms with E-state index in [1.807, 2.05) is 31.2 Å². The number of ether oxygens (including phenoxy) is 1. The third kappa shape index (κ3) is 4.30. The van der Waals surface area contributed by atoms with Crippen LogP contribution < -0.4 is 10.1 Å². The normalized spacial score (nSPS) is 11.8. The molecule has 5 heteroatoms. The minimum absolute atomic E-state index is 0.0251. The largest absolute Gasteiger partial charge is 0.481 e. The maximum Gasteiger partial charge on any atom is 0.258 e. The van der Waals surface area contributed by atoms with E-state index in [0.29, 0.717) is 0 Å². The van der Waals surface area contributed by atoms with E-state index in [4.69, 9.17) is 4.74 Å². The molecular weight excluding hydrogens is 285 g/mol. The number of benzene rings is 2. The molecule has 116 valence electrons. The summed E-state index contributed by atoms with van der Waals surface area (Å²) < 4.78 is 18.4. The number of aryl methyl sites for hydroxylation is 1. The molecule has 0 saturated carbocycles. The topological polar surface area (TPSA) is 58.6 Å². The number of halogens is 1. The molecule has 2 rings (SSSR count). The monoisotopic (exact) mass is 303 g/mol. The minimum Gasteiger partial charge on any atom is -0.481 e. The molecule has 1 unspecified atom stereocenters. The Balaban J connectivity index is 1.81. The number of para-hydroxylation sites is 1. The van der Waals surface area contributed by atoms with Gasteiger partial charge in [0.05, 0.1) is 6.10 Å². The molecule has 22 heavy (non-hydrogen) atoms. The van der Waals surface area contributed by atoms with Gasteiger partial charge < -0.3 is 15.2 Å². The van der Waals surface area contributed by atoms with Crippen LogP contribution in [0.15, 0.2) is 48.5 Å². The van der Waals surface area contributed by atoms with Gasteiger partial charge in [-0.05, 0) is 30.2 Å². The number of amides is 1. The summed E-state index contributed by atoms with van der Waals surface area (Å²) in [6, 6.07) is 13.3. The number of aliphatic hydroxyl groups is 1. The van der Waals surface area contributed by atoms with Gasteiger partial charge in [-0.2, -0.15) is 0 Å². The molecule has 0 aromatic heterocycles. The van der Waals surface area contributed by atoms with Crippen molar-refractivity contribution in [2.24, 2.45) is 0 Å². The highest BCUT2D eigenvalue weighted by Gasteiger charge is 2.12. The molecule has 0 bridgehead atoms. The highest BCUT2D eigenvalue weighted by atomic mass is 19.1. The molecule has 0 fully saturated rings. The highest BCUT2D eigenvalue weighted by molar-refractivity contribution is 5.77. The van der Waals surface area contributed by atoms with Gasteiger partial charge in [-0.15, -0.1) is 0 Å². The van der Waals surface area contributed by atoms with Crippen molar-refractivity contribution in [1.29, 1.82) is 0 Å². The van der Waals surface area contributed by atoms with Gasteiger partial charge in [-0.25, -0.2) is 4.39 Å². The van der Waals surface area contributed by atoms with Crippen LogP contribution in [0.1, 0.15) is 17.2 Å². The molecule has 0 saturated heterocycles. The lowest BCUT2D eigenvalue weighted by Gasteiger charge is -2.14. The number of carbonyl (C=O) groups is 1. The number of hydrogen-bond donors (Lipinski definition) is 2. The zero-order valence-electron chi connectivity index (χ0n) is 12.3. The van der Waals surface area contributed by atoms with E-state index in [2.05, 4.69) is 5.32 Å². The molecular formula is C17H18FNO3. The van der Waals surface area contributed by atoms with Crippen LogP contribution in [0.4, 0.5) is 4.39 Å². The second kappa shape index (κ2) is 7.56. The fourth-order valence-electron chi connectivity index (χ4n) is 2.04. The molecule has 0 aliphatic carbocycles. The first-order valence-corrected chi connectivity index (χ1v) is 6.95. The van der Waals surface area contributed by atoms with E-state index in [-0.39, 0.29) is 18.9 Å². The van der Waals surface area contributed by atoms with Crippen LogP contribution in [0.5, 0.6) is 5.75 Å². The molecule has 2 N–H and O–H groups in total. The van der Waals surface area contributed by atoms with Crippen LogP contribution in [-0.4, -0.2) is 24.2 Å². The van der Waals surface area contributed by atoms with Crippen molar-refractivity contribution in [2.75, 3.05) is 13.2 Å². The van der Waals surface area contributed by atoms with Gasteiger partial charge in [-0.3, -0.25) is 4.79 Å². The van der Waals surface area contributed by atoms with Crippen molar-refractivity contribution in [3.05, 3.63) is 65.5 Å². The Morgan fingerprint density at radius 2 is 1.91 bits per heavy atom. The Bertz CT molecular complexity index is 645. The van der Waals surface area contributed by atoms with E-state index >= 15 is 0 Å². The Kier molecular flexibility index (Phi) is 5.49. The Labute approximate surface area is 128 Å². The standard InChI is InChI=1S/C17H18FNO3/c1-12-6-2-3-7-13(12)15(20)10-19-17(21)11-22-16-9-5-4-8-14(16)18/h2-9,15,20H,10-11H2,1H3,(H,19,21). The second-order valence-corrected chi connectivity index (χ2v) is 4.90. The molecule has 2 aromatic rings. The lowest BCUT2D eigenvalue weighted by atomic mass is 10.0. The van der Waals surface area contributed by atoms with Crippen LogP contribution in [0.2, 0.25) is 0 Å². The van der Waals surface area contributed by atoms with Crippen LogP contribution in [0, 0.1) is 12.7 Å². The summed E-state index contributed by atoms with van der Waals surface area (Å²) in [6.07, 6.45) is -0.793. The Hall–Kier alpha value is -2.40. The van der Waals surface area contributed by atoms with Crippen molar-refractivity contribution in [3.8, 4) is 5.75 Å². The van der Waals surface area contributed by atoms with Gasteiger partial charge in [0.25, 0.3) is 5.91 Å². The summed E-state index contributed by atoms with van der Waals surface area (Å²) in [5.74, 6) is -0.914. The second-order valence-electron chi connectivity index (χ2n) is 4.90. The summed E-state index contributed by atoms with van der Waals surface area (Å²) in [4.78, 5) is 11.7. The Morgan fingerprint density at radius 1 is 1.23 bits per heavy atom. The lowest BCUT2D eigenvalue weighted by Crippen LogP contribution is -2.32. The van der Waals surface area contributed by atoms with E-state index in [9.17, 15) is 14.3 Å². The number of nitrogens with one attached hydrogen (secondary N) is 1. The first-order valence-electron chi connectivity index (χ1n) is 6.95. The quantitative estimate of drug-likeness (QED) is 0.861. The zero-order valence-corrected chi connectivity index (χ0v) is 12.3. The smallest absolute Gasteiger partial charge is 0.258 e. The van der Waals surface area contributed by atoms with E-state index in [1.54, 1.807) is 12.1 Å². The average molecular weight is 303 g/mol. The first kappa shape index (κ1) is 16.0. The van der Waals surface area contributed by atoms with Crippen LogP contribution >= 0.6 is 0 Å². The van der Waals surface area contributed by atoms with E-state index < -0.39 is 17.8 Å². The minimum atomic E-state index is -0.793. The fourth-order valence-corrected chi connectivity index (χ4v) is 2.04. The SMILES string of the molecule is Cc1ccccc1C(O)CNC(=O)COc1ccccc1F. The maximum atomic E-state index is 13.3. The fraction of sp³-hybridized carbons (Fsp3) is 0.235. The van der Waals surface area contributed by atoms with Crippen LogP contribution in [0.3, 0.4) is 0 Å². The molecule has 1 amide bonds. The molecule has 1 atom stereocenters. The van der Waals surface area contributed by atoms with Crippen LogP contribution in [0.25, 0.3) is 0 Å². The summed E-state index contributed by atoms with van der Waals surface area (Å²) in [5.41, 5.74) is 1.71. The Morgan fingerprint density at radius 3 is 2.64 bits per heavy atom. The van der Waals surface area contributed by atoms with Crippen molar-refractivity contribution in [2.45, 2.75) is 13.0 Å². The van der Waals surface area contributed by atoms with E-state index in [0.717, 1.165) is 11.1 Å². The summed E-state index contributed by atoms with van der Waals surface area (Å²) in [5, 5.41) is 12.6. The van der Waals surface area contributed by atoms with Crippen molar-refractivity contribution >= 4 is 5.91 Å². The summed E-state index contributed by atoms with van der Waals surface area (Å²) >= 11 is 0. The molecule has 0 radical (unpaired) electrons. The van der Waals surface area contributed by atoms with E-state index in [1.165, 1.54) is 12.1 Å². The summed E-state index contributed by atoms with van der Waals surface area (Å²) in [6.45, 7) is 1.66. The molecule has 0 heterocycles. The van der Waals surface area contributed by atoms with Crippen molar-refractivity contribution < 1.29 is 19.0 Å². The third-order valence-electron chi connectivity index (χ3n) is 3.24. The third-order valence-corrected chi connectivity index (χ3v) is 3.24. The van der Waals surface area contributed by atoms with Crippen LogP contribution in [-0.2, 0) is 4.79 Å². The highest BCUT2D eigenvalue weighted by Crippen LogP contribution is 2.17. The summed E-state index contributed by atoms with van der Waals surface area (Å²) in [7, 11) is 0. The van der Waals surface area contributed by atoms with Crippen molar-refractivity contribution in [3.63, 3.8) is 0 Å². The molecule has 4 nitrogen and oxygen atoms in total. The predicted octanol–water partition coefficient (Wildman–Crippen LogP) is 2.36. The zero-order chi connectivity index (χ0) is 15.9. The lowest BCUT2D eigenvalue weighted by molar-refractivity contribution is -0.123. The predicted molar refractivity (Wildman–Crippen MR) is 81.0 cm³/mol. The number of rotatable bonds is 6. The first-order chi connectivity index (χ1) is 10.6. The molecule has 0 aliphatic rings. The molecule has 0 spiro atoms. The number of hydrogen-bond acceptors (Lipinski definition) is 3. The van der Waals surface area contributed by atoms with Gasteiger partial charge in [0.15, 0.2) is 18.2 Å². The maximum absolute atomic E-state index is 13.3. The van der Waals surface area contributed by atoms with Gasteiger partial charge >= 0.3 is 0 Å². The molecule has 2 aromatic carbocycles. The van der Waals surface area contributed by atoms with Gasteiger partial charge in [0.2, 0.25) is 0 Å². The van der Waals surface area contributed by atoms with Crippen molar-refractivity contribution in [1.82, 2.24) is 5.32 Å².